The summed E-state index contributed by atoms with van der Waals surface area (Å²) in [5, 5.41) is 8.96. The summed E-state index contributed by atoms with van der Waals surface area (Å²) >= 11 is 0. The summed E-state index contributed by atoms with van der Waals surface area (Å²) in [6, 6.07) is 40.2. The second-order valence-corrected chi connectivity index (χ2v) is 10.5. The Morgan fingerprint density at radius 3 is 1.58 bits per heavy atom. The number of nitriles is 1. The van der Waals surface area contributed by atoms with Crippen LogP contribution in [0.25, 0.3) is 22.3 Å². The molecule has 0 saturated carbocycles. The van der Waals surface area contributed by atoms with Crippen LogP contribution in [0, 0.1) is 17.2 Å². The summed E-state index contributed by atoms with van der Waals surface area (Å²) in [5.74, 6) is 1.97. The van der Waals surface area contributed by atoms with Crippen LogP contribution in [0.2, 0.25) is 0 Å². The molecule has 214 valence electrons. The van der Waals surface area contributed by atoms with E-state index in [0.29, 0.717) is 34.3 Å². The lowest BCUT2D eigenvalue weighted by molar-refractivity contribution is 0.0734. The van der Waals surface area contributed by atoms with Crippen molar-refractivity contribution in [2.75, 3.05) is 6.79 Å². The van der Waals surface area contributed by atoms with E-state index >= 15 is 0 Å². The molecule has 5 heteroatoms. The van der Waals surface area contributed by atoms with Gasteiger partial charge in [-0.05, 0) is 101 Å². The van der Waals surface area contributed by atoms with Crippen LogP contribution in [0.4, 0.5) is 0 Å². The van der Waals surface area contributed by atoms with Gasteiger partial charge in [-0.1, -0.05) is 80.9 Å². The lowest BCUT2D eigenvalue weighted by atomic mass is 9.97. The molecule has 0 heterocycles. The first-order valence-corrected chi connectivity index (χ1v) is 14.4. The topological polar surface area (TPSA) is 68.6 Å². The lowest BCUT2D eigenvalue weighted by Gasteiger charge is -2.10. The van der Waals surface area contributed by atoms with Gasteiger partial charge in [0.05, 0.1) is 17.2 Å². The number of ether oxygens (including phenoxy) is 3. The maximum absolute atomic E-state index is 12.7. The van der Waals surface area contributed by atoms with Gasteiger partial charge in [0, 0.05) is 0 Å². The first-order valence-electron chi connectivity index (χ1n) is 14.4. The molecular formula is C38H33NO4. The van der Waals surface area contributed by atoms with Gasteiger partial charge in [-0.15, -0.1) is 0 Å². The van der Waals surface area contributed by atoms with E-state index < -0.39 is 5.97 Å². The van der Waals surface area contributed by atoms with Crippen molar-refractivity contribution in [2.45, 2.75) is 26.7 Å². The zero-order valence-corrected chi connectivity index (χ0v) is 24.3. The molecule has 0 radical (unpaired) electrons. The standard InChI is InChI=1S/C38H33NO4/c1-3-27(2)24-28-4-8-30(9-5-28)33-14-22-37(23-15-33)43-38(40)34-16-20-36(21-17-34)42-26-41-35-18-12-32(13-19-35)31-10-6-29(25-39)7-11-31/h4-23,27H,3,24,26H2,1-2H3/t27-/m1/s1. The Hall–Kier alpha value is -5.34. The fourth-order valence-electron chi connectivity index (χ4n) is 4.59. The van der Waals surface area contributed by atoms with Crippen LogP contribution in [0.3, 0.4) is 0 Å². The average Bonchev–Trinajstić information content (AvgIpc) is 3.06. The third-order valence-corrected chi connectivity index (χ3v) is 7.38. The normalized spacial score (nSPS) is 11.3. The van der Waals surface area contributed by atoms with Crippen molar-refractivity contribution in [3.05, 3.63) is 138 Å². The van der Waals surface area contributed by atoms with E-state index in [9.17, 15) is 4.79 Å². The zero-order chi connectivity index (χ0) is 30.0. The smallest absolute Gasteiger partial charge is 0.343 e. The molecule has 0 amide bonds. The number of hydrogen-bond donors (Lipinski definition) is 0. The lowest BCUT2D eigenvalue weighted by Crippen LogP contribution is -2.09. The summed E-state index contributed by atoms with van der Waals surface area (Å²) in [7, 11) is 0. The number of carbonyl (C=O) groups is 1. The van der Waals surface area contributed by atoms with Crippen LogP contribution >= 0.6 is 0 Å². The first kappa shape index (κ1) is 29.2. The fraction of sp³-hybridized carbons (Fsp3) is 0.158. The highest BCUT2D eigenvalue weighted by Crippen LogP contribution is 2.25. The summed E-state index contributed by atoms with van der Waals surface area (Å²) < 4.78 is 17.0. The Morgan fingerprint density at radius 2 is 1.09 bits per heavy atom. The van der Waals surface area contributed by atoms with Crippen LogP contribution in [0.5, 0.6) is 17.2 Å². The predicted octanol–water partition coefficient (Wildman–Crippen LogP) is 9.12. The largest absolute Gasteiger partial charge is 0.458 e. The minimum absolute atomic E-state index is 0.0208. The number of esters is 1. The van der Waals surface area contributed by atoms with E-state index in [1.54, 1.807) is 36.4 Å². The average molecular weight is 568 g/mol. The highest BCUT2D eigenvalue weighted by molar-refractivity contribution is 5.91. The maximum Gasteiger partial charge on any atom is 0.343 e. The van der Waals surface area contributed by atoms with Crippen LogP contribution in [-0.2, 0) is 6.42 Å². The van der Waals surface area contributed by atoms with Gasteiger partial charge < -0.3 is 14.2 Å². The molecule has 43 heavy (non-hydrogen) atoms. The molecule has 0 saturated heterocycles. The Morgan fingerprint density at radius 1 is 0.651 bits per heavy atom. The SMILES string of the molecule is CC[C@@H](C)Cc1ccc(-c2ccc(OC(=O)c3ccc(OCOc4ccc(-c5ccc(C#N)cc5)cc4)cc3)cc2)cc1. The second kappa shape index (κ2) is 14.0. The van der Waals surface area contributed by atoms with Crippen LogP contribution < -0.4 is 14.2 Å². The molecule has 5 aromatic carbocycles. The van der Waals surface area contributed by atoms with E-state index in [1.807, 2.05) is 60.7 Å². The summed E-state index contributed by atoms with van der Waals surface area (Å²) in [6.45, 7) is 4.51. The number of nitrogens with zero attached hydrogens (tertiary/aromatic N) is 1. The molecule has 1 atom stereocenters. The molecule has 5 aromatic rings. The van der Waals surface area contributed by atoms with E-state index in [0.717, 1.165) is 28.7 Å². The summed E-state index contributed by atoms with van der Waals surface area (Å²) in [6.07, 6.45) is 2.26. The molecule has 0 bridgehead atoms. The van der Waals surface area contributed by atoms with E-state index in [1.165, 1.54) is 12.0 Å². The van der Waals surface area contributed by atoms with Crippen molar-refractivity contribution < 1.29 is 19.0 Å². The van der Waals surface area contributed by atoms with Gasteiger partial charge in [0.15, 0.2) is 0 Å². The molecule has 5 rings (SSSR count). The molecule has 0 aliphatic heterocycles. The van der Waals surface area contributed by atoms with Crippen molar-refractivity contribution in [1.29, 1.82) is 5.26 Å². The molecule has 0 aliphatic carbocycles. The third kappa shape index (κ3) is 7.90. The highest BCUT2D eigenvalue weighted by Gasteiger charge is 2.10. The van der Waals surface area contributed by atoms with Crippen molar-refractivity contribution in [1.82, 2.24) is 0 Å². The molecule has 5 nitrogen and oxygen atoms in total. The predicted molar refractivity (Wildman–Crippen MR) is 169 cm³/mol. The van der Waals surface area contributed by atoms with Gasteiger partial charge in [0.25, 0.3) is 0 Å². The minimum atomic E-state index is -0.438. The Labute approximate surface area is 252 Å². The first-order chi connectivity index (χ1) is 21.0. The number of carbonyl (C=O) groups excluding carboxylic acids is 1. The van der Waals surface area contributed by atoms with Gasteiger partial charge >= 0.3 is 5.97 Å². The van der Waals surface area contributed by atoms with Crippen molar-refractivity contribution >= 4 is 5.97 Å². The van der Waals surface area contributed by atoms with E-state index in [-0.39, 0.29) is 6.79 Å². The molecule has 0 unspecified atom stereocenters. The quantitative estimate of drug-likeness (QED) is 0.0904. The molecule has 0 N–H and O–H groups in total. The van der Waals surface area contributed by atoms with E-state index in [2.05, 4.69) is 44.2 Å². The molecule has 0 aliphatic rings. The molecular weight excluding hydrogens is 534 g/mol. The Bertz CT molecular complexity index is 1670. The highest BCUT2D eigenvalue weighted by atomic mass is 16.7. The van der Waals surface area contributed by atoms with Crippen molar-refractivity contribution in [2.24, 2.45) is 5.92 Å². The van der Waals surface area contributed by atoms with Crippen LogP contribution in [-0.4, -0.2) is 12.8 Å². The maximum atomic E-state index is 12.7. The number of benzene rings is 5. The Kier molecular flexibility index (Phi) is 9.51. The number of rotatable bonds is 11. The summed E-state index contributed by atoms with van der Waals surface area (Å²) in [5.41, 5.74) is 6.65. The molecule has 0 spiro atoms. The summed E-state index contributed by atoms with van der Waals surface area (Å²) in [4.78, 5) is 12.7. The zero-order valence-electron chi connectivity index (χ0n) is 24.3. The number of hydrogen-bond acceptors (Lipinski definition) is 5. The van der Waals surface area contributed by atoms with Crippen LogP contribution in [0.1, 0.15) is 41.8 Å². The second-order valence-electron chi connectivity index (χ2n) is 10.5. The van der Waals surface area contributed by atoms with Crippen molar-refractivity contribution in [3.8, 4) is 45.6 Å². The van der Waals surface area contributed by atoms with Gasteiger partial charge in [-0.2, -0.15) is 5.26 Å². The fourth-order valence-corrected chi connectivity index (χ4v) is 4.59. The Balaban J connectivity index is 1.09. The van der Waals surface area contributed by atoms with Crippen molar-refractivity contribution in [3.63, 3.8) is 0 Å². The third-order valence-electron chi connectivity index (χ3n) is 7.38. The van der Waals surface area contributed by atoms with Gasteiger partial charge in [0.2, 0.25) is 6.79 Å². The van der Waals surface area contributed by atoms with Gasteiger partial charge in [-0.25, -0.2) is 4.79 Å². The molecule has 0 fully saturated rings. The monoisotopic (exact) mass is 567 g/mol. The van der Waals surface area contributed by atoms with Gasteiger partial charge in [-0.3, -0.25) is 0 Å². The van der Waals surface area contributed by atoms with Crippen LogP contribution in [0.15, 0.2) is 121 Å². The molecule has 0 aromatic heterocycles. The van der Waals surface area contributed by atoms with Gasteiger partial charge in [0.1, 0.15) is 17.2 Å². The van der Waals surface area contributed by atoms with E-state index in [4.69, 9.17) is 19.5 Å². The minimum Gasteiger partial charge on any atom is -0.458 e.